The number of halogens is 1. The van der Waals surface area contributed by atoms with Crippen LogP contribution in [0.5, 0.6) is 0 Å². The summed E-state index contributed by atoms with van der Waals surface area (Å²) in [7, 11) is 4.04. The largest absolute Gasteiger partial charge is 0.446 e. The van der Waals surface area contributed by atoms with E-state index in [2.05, 4.69) is 50.9 Å². The molecule has 5 heteroatoms. The predicted molar refractivity (Wildman–Crippen MR) is 157 cm³/mol. The van der Waals surface area contributed by atoms with E-state index in [1.165, 1.54) is 57.8 Å². The molecule has 1 amide bonds. The Morgan fingerprint density at radius 1 is 1.08 bits per heavy atom. The predicted octanol–water partition coefficient (Wildman–Crippen LogP) is 8.11. The summed E-state index contributed by atoms with van der Waals surface area (Å²) in [6.45, 7) is 14.0. The van der Waals surface area contributed by atoms with Gasteiger partial charge in [-0.1, -0.05) is 65.5 Å². The molecule has 3 saturated carbocycles. The number of likely N-dealkylation sites (N-methyl/N-ethyl adjacent to an activating group) is 1. The smallest absolute Gasteiger partial charge is 0.407 e. The lowest BCUT2D eigenvalue weighted by molar-refractivity contribution is -0.0581. The molecular formula is C32H57ClN2O2. The molecule has 0 aromatic rings. The highest BCUT2D eigenvalue weighted by atomic mass is 35.5. The molecule has 1 N–H and O–H groups in total. The maximum Gasteiger partial charge on any atom is 0.407 e. The van der Waals surface area contributed by atoms with Crippen molar-refractivity contribution in [2.24, 2.45) is 46.3 Å². The normalized spacial score (nSPS) is 37.6. The van der Waals surface area contributed by atoms with Crippen LogP contribution in [0.3, 0.4) is 0 Å². The van der Waals surface area contributed by atoms with E-state index in [0.29, 0.717) is 17.4 Å². The molecular weight excluding hydrogens is 480 g/mol. The minimum Gasteiger partial charge on any atom is -0.446 e. The molecule has 0 saturated heterocycles. The van der Waals surface area contributed by atoms with Crippen LogP contribution < -0.4 is 5.32 Å². The van der Waals surface area contributed by atoms with Crippen molar-refractivity contribution in [1.82, 2.24) is 10.2 Å². The SMILES string of the molecule is CC(C)CCCC(C)[C@@H]1CC[C@@H]2[C@H]3CC=C4C[C@H](OC(=O)NCCN(C)C)CC[C@@]4(C)[C@@H]3CC[C@]21C.Cl. The molecule has 4 nitrogen and oxygen atoms in total. The molecule has 214 valence electrons. The molecule has 8 atom stereocenters. The third-order valence-corrected chi connectivity index (χ3v) is 11.4. The van der Waals surface area contributed by atoms with Crippen molar-refractivity contribution in [3.05, 3.63) is 11.6 Å². The Morgan fingerprint density at radius 3 is 2.54 bits per heavy atom. The summed E-state index contributed by atoms with van der Waals surface area (Å²) in [4.78, 5) is 14.4. The molecule has 0 spiro atoms. The number of nitrogens with one attached hydrogen (secondary N) is 1. The van der Waals surface area contributed by atoms with Gasteiger partial charge in [0, 0.05) is 19.5 Å². The molecule has 4 aliphatic carbocycles. The fourth-order valence-corrected chi connectivity index (χ4v) is 9.33. The van der Waals surface area contributed by atoms with E-state index in [4.69, 9.17) is 4.74 Å². The van der Waals surface area contributed by atoms with Crippen molar-refractivity contribution < 1.29 is 9.53 Å². The molecule has 4 rings (SSSR count). The first-order valence-electron chi connectivity index (χ1n) is 15.3. The minimum absolute atomic E-state index is 0. The van der Waals surface area contributed by atoms with Gasteiger partial charge in [0.25, 0.3) is 0 Å². The second-order valence-corrected chi connectivity index (χ2v) is 14.3. The van der Waals surface area contributed by atoms with E-state index in [1.807, 2.05) is 14.1 Å². The number of ether oxygens (including phenoxy) is 1. The summed E-state index contributed by atoms with van der Waals surface area (Å²) in [6.07, 6.45) is 16.7. The molecule has 0 aromatic heterocycles. The number of fused-ring (bicyclic) bond motifs is 5. The fourth-order valence-electron chi connectivity index (χ4n) is 9.33. The molecule has 0 aliphatic heterocycles. The van der Waals surface area contributed by atoms with Crippen molar-refractivity contribution in [2.75, 3.05) is 27.2 Å². The van der Waals surface area contributed by atoms with Crippen LogP contribution >= 0.6 is 12.4 Å². The van der Waals surface area contributed by atoms with Crippen molar-refractivity contribution in [3.8, 4) is 0 Å². The van der Waals surface area contributed by atoms with E-state index in [9.17, 15) is 4.79 Å². The van der Waals surface area contributed by atoms with Gasteiger partial charge in [0.1, 0.15) is 6.10 Å². The molecule has 0 radical (unpaired) electrons. The summed E-state index contributed by atoms with van der Waals surface area (Å²) in [5, 5.41) is 2.93. The molecule has 0 heterocycles. The van der Waals surface area contributed by atoms with Crippen LogP contribution in [0, 0.1) is 46.3 Å². The Labute approximate surface area is 234 Å². The maximum absolute atomic E-state index is 12.3. The van der Waals surface area contributed by atoms with Gasteiger partial charge < -0.3 is 15.0 Å². The lowest BCUT2D eigenvalue weighted by atomic mass is 9.47. The number of rotatable bonds is 9. The number of carbonyl (C=O) groups excluding carboxylic acids is 1. The maximum atomic E-state index is 12.3. The summed E-state index contributed by atoms with van der Waals surface area (Å²) in [6, 6.07) is 0. The topological polar surface area (TPSA) is 41.6 Å². The first kappa shape index (κ1) is 30.8. The summed E-state index contributed by atoms with van der Waals surface area (Å²) in [5.74, 6) is 5.21. The van der Waals surface area contributed by atoms with Crippen LogP contribution in [0.25, 0.3) is 0 Å². The van der Waals surface area contributed by atoms with Crippen molar-refractivity contribution in [2.45, 2.75) is 111 Å². The van der Waals surface area contributed by atoms with Gasteiger partial charge in [-0.05, 0) is 105 Å². The first-order valence-corrected chi connectivity index (χ1v) is 15.3. The Bertz CT molecular complexity index is 798. The van der Waals surface area contributed by atoms with E-state index in [1.54, 1.807) is 5.57 Å². The highest BCUT2D eigenvalue weighted by molar-refractivity contribution is 5.85. The number of amides is 1. The lowest BCUT2D eigenvalue weighted by Crippen LogP contribution is -2.51. The molecule has 3 fully saturated rings. The zero-order valence-electron chi connectivity index (χ0n) is 25.0. The number of carbonyl (C=O) groups is 1. The summed E-state index contributed by atoms with van der Waals surface area (Å²) in [5.41, 5.74) is 2.46. The van der Waals surface area contributed by atoms with Gasteiger partial charge in [-0.3, -0.25) is 0 Å². The van der Waals surface area contributed by atoms with Gasteiger partial charge in [0.15, 0.2) is 0 Å². The van der Waals surface area contributed by atoms with E-state index >= 15 is 0 Å². The van der Waals surface area contributed by atoms with Crippen LogP contribution in [-0.2, 0) is 4.74 Å². The van der Waals surface area contributed by atoms with Gasteiger partial charge in [-0.15, -0.1) is 12.4 Å². The second-order valence-electron chi connectivity index (χ2n) is 14.3. The quantitative estimate of drug-likeness (QED) is 0.302. The first-order chi connectivity index (χ1) is 17.0. The summed E-state index contributed by atoms with van der Waals surface area (Å²) >= 11 is 0. The third-order valence-electron chi connectivity index (χ3n) is 11.4. The average molecular weight is 537 g/mol. The van der Waals surface area contributed by atoms with Crippen LogP contribution in [-0.4, -0.2) is 44.3 Å². The molecule has 0 aromatic carbocycles. The number of hydrogen-bond donors (Lipinski definition) is 1. The molecule has 4 aliphatic rings. The highest BCUT2D eigenvalue weighted by Crippen LogP contribution is 2.67. The Balaban J connectivity index is 0.00000380. The fraction of sp³-hybridized carbons (Fsp3) is 0.906. The zero-order chi connectivity index (χ0) is 26.1. The zero-order valence-corrected chi connectivity index (χ0v) is 25.8. The minimum atomic E-state index is -0.243. The van der Waals surface area contributed by atoms with Gasteiger partial charge in [-0.2, -0.15) is 0 Å². The van der Waals surface area contributed by atoms with Gasteiger partial charge in [0.05, 0.1) is 0 Å². The third kappa shape index (κ3) is 6.53. The Morgan fingerprint density at radius 2 is 1.84 bits per heavy atom. The van der Waals surface area contributed by atoms with Crippen molar-refractivity contribution in [1.29, 1.82) is 0 Å². The van der Waals surface area contributed by atoms with Crippen LogP contribution in [0.1, 0.15) is 105 Å². The van der Waals surface area contributed by atoms with Crippen LogP contribution in [0.4, 0.5) is 4.79 Å². The monoisotopic (exact) mass is 536 g/mol. The average Bonchev–Trinajstić information content (AvgIpc) is 3.16. The van der Waals surface area contributed by atoms with Crippen molar-refractivity contribution >= 4 is 18.5 Å². The Kier molecular flexibility index (Phi) is 10.5. The van der Waals surface area contributed by atoms with Crippen LogP contribution in [0.2, 0.25) is 0 Å². The second kappa shape index (κ2) is 12.6. The van der Waals surface area contributed by atoms with Crippen molar-refractivity contribution in [3.63, 3.8) is 0 Å². The molecule has 0 bridgehead atoms. The van der Waals surface area contributed by atoms with Crippen LogP contribution in [0.15, 0.2) is 11.6 Å². The number of allylic oxidation sites excluding steroid dienone is 1. The highest BCUT2D eigenvalue weighted by Gasteiger charge is 2.59. The van der Waals surface area contributed by atoms with E-state index < -0.39 is 0 Å². The van der Waals surface area contributed by atoms with Gasteiger partial charge in [0.2, 0.25) is 0 Å². The number of hydrogen-bond acceptors (Lipinski definition) is 3. The Hall–Kier alpha value is -0.740. The van der Waals surface area contributed by atoms with E-state index in [-0.39, 0.29) is 24.6 Å². The van der Waals surface area contributed by atoms with Gasteiger partial charge in [-0.25, -0.2) is 4.79 Å². The molecule has 37 heavy (non-hydrogen) atoms. The molecule has 1 unspecified atom stereocenters. The summed E-state index contributed by atoms with van der Waals surface area (Å²) < 4.78 is 5.87. The van der Waals surface area contributed by atoms with E-state index in [0.717, 1.165) is 54.9 Å². The lowest BCUT2D eigenvalue weighted by Gasteiger charge is -2.58. The standard InChI is InChI=1S/C32H56N2O2.ClH/c1-22(2)9-8-10-23(3)27-13-14-28-26-12-11-24-21-25(36-30(35)33-19-20-34(6)7)15-17-31(24,4)29(26)16-18-32(27,28)5;/h11,22-23,25-29H,8-10,12-21H2,1-7H3,(H,33,35);1H/t23?,25-,26-,27+,28-,29-,31-,32+;/m1./s1. The number of alkyl carbamates (subject to hydrolysis) is 1. The van der Waals surface area contributed by atoms with Gasteiger partial charge >= 0.3 is 6.09 Å². The number of nitrogens with zero attached hydrogens (tertiary/aromatic N) is 1.